The third-order valence-corrected chi connectivity index (χ3v) is 5.58. The van der Waals surface area contributed by atoms with Gasteiger partial charge in [0.05, 0.1) is 22.2 Å². The van der Waals surface area contributed by atoms with Gasteiger partial charge in [-0.05, 0) is 37.3 Å². The highest BCUT2D eigenvalue weighted by Gasteiger charge is 2.24. The molecule has 6 heteroatoms. The molecule has 4 nitrogen and oxygen atoms in total. The van der Waals surface area contributed by atoms with Crippen molar-refractivity contribution >= 4 is 27.1 Å². The average molecular weight is 299 g/mol. The molecule has 3 heterocycles. The van der Waals surface area contributed by atoms with Crippen molar-refractivity contribution in [1.82, 2.24) is 9.38 Å². The highest BCUT2D eigenvalue weighted by molar-refractivity contribution is 7.91. The van der Waals surface area contributed by atoms with E-state index in [1.165, 1.54) is 0 Å². The molecular formula is C13H15ClN2O2S. The Morgan fingerprint density at radius 1 is 1.26 bits per heavy atom. The molecule has 2 aromatic rings. The molecule has 0 aromatic carbocycles. The van der Waals surface area contributed by atoms with Gasteiger partial charge in [0.15, 0.2) is 0 Å². The van der Waals surface area contributed by atoms with Gasteiger partial charge < -0.3 is 4.40 Å². The van der Waals surface area contributed by atoms with Crippen molar-refractivity contribution < 1.29 is 8.42 Å². The van der Waals surface area contributed by atoms with Crippen LogP contribution in [0.4, 0.5) is 0 Å². The Hall–Kier alpha value is -1.07. The van der Waals surface area contributed by atoms with Gasteiger partial charge in [0.1, 0.15) is 15.5 Å². The fourth-order valence-electron chi connectivity index (χ4n) is 2.55. The van der Waals surface area contributed by atoms with Crippen molar-refractivity contribution in [3.05, 3.63) is 35.2 Å². The molecule has 0 unspecified atom stereocenters. The van der Waals surface area contributed by atoms with Crippen molar-refractivity contribution in [3.63, 3.8) is 0 Å². The van der Waals surface area contributed by atoms with Crippen LogP contribution in [0.1, 0.15) is 18.5 Å². The van der Waals surface area contributed by atoms with Crippen molar-refractivity contribution in [1.29, 1.82) is 0 Å². The van der Waals surface area contributed by atoms with E-state index in [1.54, 1.807) is 0 Å². The average Bonchev–Trinajstić information content (AvgIpc) is 2.73. The Morgan fingerprint density at radius 2 is 2.00 bits per heavy atom. The fraction of sp³-hybridized carbons (Fsp3) is 0.462. The number of sulfone groups is 1. The van der Waals surface area contributed by atoms with Crippen LogP contribution in [0.2, 0.25) is 5.02 Å². The lowest BCUT2D eigenvalue weighted by atomic mass is 9.97. The third kappa shape index (κ3) is 2.92. The van der Waals surface area contributed by atoms with Gasteiger partial charge in [0, 0.05) is 12.4 Å². The number of rotatable bonds is 2. The maximum atomic E-state index is 11.4. The zero-order chi connectivity index (χ0) is 13.5. The van der Waals surface area contributed by atoms with E-state index in [0.29, 0.717) is 22.4 Å². The van der Waals surface area contributed by atoms with E-state index in [2.05, 4.69) is 4.98 Å². The molecule has 1 saturated heterocycles. The molecule has 3 rings (SSSR count). The molecule has 19 heavy (non-hydrogen) atoms. The summed E-state index contributed by atoms with van der Waals surface area (Å²) in [5, 5.41) is 0.681. The Morgan fingerprint density at radius 3 is 2.74 bits per heavy atom. The minimum atomic E-state index is -2.78. The summed E-state index contributed by atoms with van der Waals surface area (Å²) in [4.78, 5) is 4.54. The van der Waals surface area contributed by atoms with Crippen LogP contribution in [-0.4, -0.2) is 29.3 Å². The molecule has 0 spiro atoms. The van der Waals surface area contributed by atoms with Crippen LogP contribution in [0.15, 0.2) is 24.5 Å². The first-order valence-corrected chi connectivity index (χ1v) is 8.55. The molecule has 0 bridgehead atoms. The first-order valence-electron chi connectivity index (χ1n) is 6.35. The molecule has 0 radical (unpaired) electrons. The van der Waals surface area contributed by atoms with Gasteiger partial charge in [-0.15, -0.1) is 0 Å². The second kappa shape index (κ2) is 4.80. The summed E-state index contributed by atoms with van der Waals surface area (Å²) < 4.78 is 24.7. The number of halogens is 1. The van der Waals surface area contributed by atoms with E-state index >= 15 is 0 Å². The van der Waals surface area contributed by atoms with Gasteiger partial charge in [0.2, 0.25) is 0 Å². The molecule has 102 valence electrons. The van der Waals surface area contributed by atoms with Crippen LogP contribution in [-0.2, 0) is 16.3 Å². The van der Waals surface area contributed by atoms with Crippen LogP contribution >= 0.6 is 11.6 Å². The molecule has 0 aliphatic carbocycles. The molecular weight excluding hydrogens is 284 g/mol. The standard InChI is InChI=1S/C13H15ClN2O2S/c14-11-1-2-13-15-12(9-16(13)8-11)7-10-3-5-19(17,18)6-4-10/h1-2,8-10H,3-7H2. The first-order chi connectivity index (χ1) is 9.02. The van der Waals surface area contributed by atoms with Gasteiger partial charge in [-0.3, -0.25) is 0 Å². The number of pyridine rings is 1. The number of aromatic nitrogens is 2. The number of imidazole rings is 1. The molecule has 1 fully saturated rings. The number of fused-ring (bicyclic) bond motifs is 1. The molecule has 0 amide bonds. The predicted molar refractivity (Wildman–Crippen MR) is 75.3 cm³/mol. The van der Waals surface area contributed by atoms with E-state index < -0.39 is 9.84 Å². The summed E-state index contributed by atoms with van der Waals surface area (Å²) in [6, 6.07) is 3.71. The summed E-state index contributed by atoms with van der Waals surface area (Å²) in [6.07, 6.45) is 6.14. The van der Waals surface area contributed by atoms with Crippen molar-refractivity contribution in [2.24, 2.45) is 5.92 Å². The highest BCUT2D eigenvalue weighted by atomic mass is 35.5. The topological polar surface area (TPSA) is 51.4 Å². The maximum Gasteiger partial charge on any atom is 0.150 e. The van der Waals surface area contributed by atoms with Crippen molar-refractivity contribution in [2.75, 3.05) is 11.5 Å². The minimum Gasteiger partial charge on any atom is -0.305 e. The summed E-state index contributed by atoms with van der Waals surface area (Å²) in [6.45, 7) is 0. The Bertz CT molecular complexity index is 695. The quantitative estimate of drug-likeness (QED) is 0.855. The summed E-state index contributed by atoms with van der Waals surface area (Å²) in [7, 11) is -2.78. The van der Waals surface area contributed by atoms with Crippen LogP contribution in [0, 0.1) is 5.92 Å². The van der Waals surface area contributed by atoms with E-state index in [9.17, 15) is 8.42 Å². The first kappa shape index (κ1) is 12.9. The number of hydrogen-bond donors (Lipinski definition) is 0. The lowest BCUT2D eigenvalue weighted by Crippen LogP contribution is -2.24. The van der Waals surface area contributed by atoms with E-state index in [-0.39, 0.29) is 0 Å². The van der Waals surface area contributed by atoms with Gasteiger partial charge >= 0.3 is 0 Å². The number of hydrogen-bond acceptors (Lipinski definition) is 3. The molecule has 1 aliphatic rings. The maximum absolute atomic E-state index is 11.4. The summed E-state index contributed by atoms with van der Waals surface area (Å²) in [5.41, 5.74) is 1.88. The molecule has 0 saturated carbocycles. The largest absolute Gasteiger partial charge is 0.305 e. The van der Waals surface area contributed by atoms with Crippen molar-refractivity contribution in [3.8, 4) is 0 Å². The normalized spacial score (nSPS) is 19.8. The molecule has 2 aromatic heterocycles. The van der Waals surface area contributed by atoms with Crippen LogP contribution in [0.25, 0.3) is 5.65 Å². The van der Waals surface area contributed by atoms with Crippen LogP contribution in [0.3, 0.4) is 0 Å². The smallest absolute Gasteiger partial charge is 0.150 e. The van der Waals surface area contributed by atoms with Gasteiger partial charge in [-0.2, -0.15) is 0 Å². The summed E-state index contributed by atoms with van der Waals surface area (Å²) >= 11 is 5.94. The zero-order valence-electron chi connectivity index (χ0n) is 10.4. The molecule has 0 N–H and O–H groups in total. The molecule has 0 atom stereocenters. The SMILES string of the molecule is O=S1(=O)CCC(Cc2cn3cc(Cl)ccc3n2)CC1. The van der Waals surface area contributed by atoms with Crippen molar-refractivity contribution in [2.45, 2.75) is 19.3 Å². The van der Waals surface area contributed by atoms with Gasteiger partial charge in [-0.25, -0.2) is 13.4 Å². The number of nitrogens with zero attached hydrogens (tertiary/aromatic N) is 2. The predicted octanol–water partition coefficient (Wildman–Crippen LogP) is 2.36. The van der Waals surface area contributed by atoms with E-state index in [1.807, 2.05) is 28.9 Å². The van der Waals surface area contributed by atoms with Crippen LogP contribution < -0.4 is 0 Å². The van der Waals surface area contributed by atoms with E-state index in [0.717, 1.165) is 30.6 Å². The van der Waals surface area contributed by atoms with Crippen LogP contribution in [0.5, 0.6) is 0 Å². The monoisotopic (exact) mass is 298 g/mol. The Kier molecular flexibility index (Phi) is 3.27. The summed E-state index contributed by atoms with van der Waals surface area (Å²) in [5.74, 6) is 1.05. The third-order valence-electron chi connectivity index (χ3n) is 3.64. The zero-order valence-corrected chi connectivity index (χ0v) is 12.0. The second-order valence-corrected chi connectivity index (χ2v) is 7.88. The van der Waals surface area contributed by atoms with E-state index in [4.69, 9.17) is 11.6 Å². The Balaban J connectivity index is 1.75. The fourth-order valence-corrected chi connectivity index (χ4v) is 4.31. The minimum absolute atomic E-state index is 0.316. The lowest BCUT2D eigenvalue weighted by Gasteiger charge is -2.20. The van der Waals surface area contributed by atoms with Gasteiger partial charge in [0.25, 0.3) is 0 Å². The lowest BCUT2D eigenvalue weighted by molar-refractivity contribution is 0.459. The highest BCUT2D eigenvalue weighted by Crippen LogP contribution is 2.23. The Labute approximate surface area is 117 Å². The van der Waals surface area contributed by atoms with Gasteiger partial charge in [-0.1, -0.05) is 11.6 Å². The molecule has 1 aliphatic heterocycles. The second-order valence-electron chi connectivity index (χ2n) is 5.14.